The van der Waals surface area contributed by atoms with E-state index in [2.05, 4.69) is 0 Å². The van der Waals surface area contributed by atoms with Crippen molar-refractivity contribution in [3.05, 3.63) is 11.6 Å². The van der Waals surface area contributed by atoms with Gasteiger partial charge in [0.25, 0.3) is 0 Å². The molecule has 0 radical (unpaired) electrons. The molecule has 4 nitrogen and oxygen atoms in total. The van der Waals surface area contributed by atoms with Gasteiger partial charge in [0.05, 0.1) is 12.0 Å². The molecule has 16 heavy (non-hydrogen) atoms. The summed E-state index contributed by atoms with van der Waals surface area (Å²) in [5.41, 5.74) is 5.76. The molecule has 1 rings (SSSR count). The highest BCUT2D eigenvalue weighted by molar-refractivity contribution is 5.97. The Morgan fingerprint density at radius 1 is 1.50 bits per heavy atom. The van der Waals surface area contributed by atoms with Crippen LogP contribution in [0.4, 0.5) is 0 Å². The number of carbonyl (C=O) groups is 2. The van der Waals surface area contributed by atoms with E-state index >= 15 is 0 Å². The Hall–Kier alpha value is -1.32. The van der Waals surface area contributed by atoms with E-state index in [-0.39, 0.29) is 12.0 Å². The number of esters is 1. The first-order valence-corrected chi connectivity index (χ1v) is 5.63. The molecular weight excluding hydrogens is 206 g/mol. The monoisotopic (exact) mass is 225 g/mol. The van der Waals surface area contributed by atoms with Gasteiger partial charge in [0.2, 0.25) is 5.91 Å². The van der Waals surface area contributed by atoms with Gasteiger partial charge in [-0.2, -0.15) is 0 Å². The summed E-state index contributed by atoms with van der Waals surface area (Å²) >= 11 is 0. The van der Waals surface area contributed by atoms with Crippen LogP contribution in [-0.2, 0) is 14.3 Å². The summed E-state index contributed by atoms with van der Waals surface area (Å²) in [6.45, 7) is 5.50. The zero-order chi connectivity index (χ0) is 12.3. The van der Waals surface area contributed by atoms with Crippen LogP contribution in [0.1, 0.15) is 33.6 Å². The summed E-state index contributed by atoms with van der Waals surface area (Å²) in [6.07, 6.45) is 3.28. The molecule has 1 aliphatic rings. The molecule has 90 valence electrons. The van der Waals surface area contributed by atoms with Gasteiger partial charge in [-0.3, -0.25) is 4.79 Å². The Balaban J connectivity index is 2.87. The van der Waals surface area contributed by atoms with Crippen molar-refractivity contribution in [2.24, 2.45) is 17.6 Å². The average molecular weight is 225 g/mol. The van der Waals surface area contributed by atoms with E-state index in [9.17, 15) is 9.59 Å². The third-order valence-electron chi connectivity index (χ3n) is 2.78. The van der Waals surface area contributed by atoms with Crippen molar-refractivity contribution >= 4 is 11.9 Å². The van der Waals surface area contributed by atoms with Crippen LogP contribution < -0.4 is 5.73 Å². The zero-order valence-corrected chi connectivity index (χ0v) is 10.0. The zero-order valence-electron chi connectivity index (χ0n) is 10.0. The normalized spacial score (nSPS) is 25.1. The first-order chi connectivity index (χ1) is 7.43. The van der Waals surface area contributed by atoms with E-state index in [0.717, 1.165) is 12.8 Å². The molecule has 0 aliphatic heterocycles. The van der Waals surface area contributed by atoms with Crippen LogP contribution in [0.15, 0.2) is 11.6 Å². The van der Waals surface area contributed by atoms with Crippen LogP contribution in [-0.4, -0.2) is 18.0 Å². The van der Waals surface area contributed by atoms with Gasteiger partial charge in [-0.25, -0.2) is 4.79 Å². The minimum Gasteiger partial charge on any atom is -0.460 e. The van der Waals surface area contributed by atoms with Gasteiger partial charge in [-0.1, -0.05) is 13.0 Å². The Bertz CT molecular complexity index is 320. The molecule has 2 N–H and O–H groups in total. The van der Waals surface area contributed by atoms with Crippen LogP contribution in [0.3, 0.4) is 0 Å². The Kier molecular flexibility index (Phi) is 4.10. The van der Waals surface area contributed by atoms with Crippen LogP contribution in [0, 0.1) is 11.8 Å². The molecule has 4 heteroatoms. The summed E-state index contributed by atoms with van der Waals surface area (Å²) in [5.74, 6) is -1.25. The van der Waals surface area contributed by atoms with Gasteiger partial charge in [-0.05, 0) is 32.6 Å². The molecular formula is C12H19NO3. The molecule has 2 atom stereocenters. The molecule has 0 saturated carbocycles. The topological polar surface area (TPSA) is 69.4 Å². The highest BCUT2D eigenvalue weighted by Crippen LogP contribution is 2.31. The molecule has 0 saturated heterocycles. The standard InChI is InChI=1S/C12H19NO3/c1-7(2)16-12(15)9-6-4-5-8(3)10(9)11(13)14/h6-8,10H,4-5H2,1-3H3,(H2,13,14). The molecule has 0 bridgehead atoms. The Morgan fingerprint density at radius 3 is 2.62 bits per heavy atom. The SMILES string of the molecule is CC(C)OC(=O)C1=CCCC(C)C1C(N)=O. The highest BCUT2D eigenvalue weighted by Gasteiger charge is 2.34. The van der Waals surface area contributed by atoms with E-state index in [4.69, 9.17) is 10.5 Å². The van der Waals surface area contributed by atoms with Crippen molar-refractivity contribution in [3.8, 4) is 0 Å². The van der Waals surface area contributed by atoms with Crippen molar-refractivity contribution in [1.29, 1.82) is 0 Å². The number of allylic oxidation sites excluding steroid dienone is 1. The quantitative estimate of drug-likeness (QED) is 0.738. The van der Waals surface area contributed by atoms with Crippen molar-refractivity contribution < 1.29 is 14.3 Å². The first-order valence-electron chi connectivity index (χ1n) is 5.63. The number of rotatable bonds is 3. The second kappa shape index (κ2) is 5.14. The van der Waals surface area contributed by atoms with E-state index in [1.165, 1.54) is 0 Å². The van der Waals surface area contributed by atoms with Crippen LogP contribution in [0.2, 0.25) is 0 Å². The summed E-state index contributed by atoms with van der Waals surface area (Å²) in [7, 11) is 0. The van der Waals surface area contributed by atoms with E-state index in [0.29, 0.717) is 5.57 Å². The average Bonchev–Trinajstić information content (AvgIpc) is 2.15. The lowest BCUT2D eigenvalue weighted by Crippen LogP contribution is -2.35. The Morgan fingerprint density at radius 2 is 2.12 bits per heavy atom. The summed E-state index contributed by atoms with van der Waals surface area (Å²) in [5, 5.41) is 0. The summed E-state index contributed by atoms with van der Waals surface area (Å²) in [4.78, 5) is 23.1. The number of carbonyl (C=O) groups excluding carboxylic acids is 2. The maximum Gasteiger partial charge on any atom is 0.334 e. The molecule has 0 aromatic rings. The number of ether oxygens (including phenoxy) is 1. The second-order valence-corrected chi connectivity index (χ2v) is 4.55. The number of nitrogens with two attached hydrogens (primary N) is 1. The fourth-order valence-electron chi connectivity index (χ4n) is 2.03. The maximum absolute atomic E-state index is 11.8. The lowest BCUT2D eigenvalue weighted by atomic mass is 9.79. The van der Waals surface area contributed by atoms with Crippen molar-refractivity contribution in [2.45, 2.75) is 39.7 Å². The van der Waals surface area contributed by atoms with E-state index in [1.807, 2.05) is 6.92 Å². The minimum absolute atomic E-state index is 0.109. The minimum atomic E-state index is -0.500. The number of primary amides is 1. The first kappa shape index (κ1) is 12.7. The molecule has 2 unspecified atom stereocenters. The molecule has 0 spiro atoms. The van der Waals surface area contributed by atoms with Gasteiger partial charge in [0, 0.05) is 5.57 Å². The van der Waals surface area contributed by atoms with Crippen molar-refractivity contribution in [3.63, 3.8) is 0 Å². The predicted octanol–water partition coefficient (Wildman–Crippen LogP) is 1.40. The third-order valence-corrected chi connectivity index (χ3v) is 2.78. The number of hydrogen-bond donors (Lipinski definition) is 1. The molecule has 0 aromatic heterocycles. The smallest absolute Gasteiger partial charge is 0.334 e. The highest BCUT2D eigenvalue weighted by atomic mass is 16.5. The van der Waals surface area contributed by atoms with Crippen molar-refractivity contribution in [1.82, 2.24) is 0 Å². The number of hydrogen-bond acceptors (Lipinski definition) is 3. The van der Waals surface area contributed by atoms with Gasteiger partial charge in [0.15, 0.2) is 0 Å². The summed E-state index contributed by atoms with van der Waals surface area (Å²) in [6, 6.07) is 0. The van der Waals surface area contributed by atoms with Crippen LogP contribution in [0.5, 0.6) is 0 Å². The van der Waals surface area contributed by atoms with Gasteiger partial charge in [-0.15, -0.1) is 0 Å². The number of amides is 1. The largest absolute Gasteiger partial charge is 0.460 e. The molecule has 1 amide bonds. The fourth-order valence-corrected chi connectivity index (χ4v) is 2.03. The third kappa shape index (κ3) is 2.84. The molecule has 0 fully saturated rings. The second-order valence-electron chi connectivity index (χ2n) is 4.55. The van der Waals surface area contributed by atoms with Crippen molar-refractivity contribution in [2.75, 3.05) is 0 Å². The van der Waals surface area contributed by atoms with E-state index < -0.39 is 17.8 Å². The van der Waals surface area contributed by atoms with Gasteiger partial charge < -0.3 is 10.5 Å². The fraction of sp³-hybridized carbons (Fsp3) is 0.667. The van der Waals surface area contributed by atoms with E-state index in [1.54, 1.807) is 19.9 Å². The van der Waals surface area contributed by atoms with Gasteiger partial charge in [0.1, 0.15) is 0 Å². The van der Waals surface area contributed by atoms with Crippen LogP contribution >= 0.6 is 0 Å². The van der Waals surface area contributed by atoms with Crippen LogP contribution in [0.25, 0.3) is 0 Å². The lowest BCUT2D eigenvalue weighted by Gasteiger charge is -2.27. The Labute approximate surface area is 95.8 Å². The summed E-state index contributed by atoms with van der Waals surface area (Å²) < 4.78 is 5.10. The predicted molar refractivity (Wildman–Crippen MR) is 60.4 cm³/mol. The molecule has 0 heterocycles. The van der Waals surface area contributed by atoms with Gasteiger partial charge >= 0.3 is 5.97 Å². The lowest BCUT2D eigenvalue weighted by molar-refractivity contribution is -0.145. The maximum atomic E-state index is 11.8. The molecule has 0 aromatic carbocycles. The molecule has 1 aliphatic carbocycles.